The van der Waals surface area contributed by atoms with Crippen LogP contribution in [0.25, 0.3) is 11.1 Å². The van der Waals surface area contributed by atoms with Crippen LogP contribution in [0.1, 0.15) is 30.1 Å². The molecule has 1 aliphatic heterocycles. The summed E-state index contributed by atoms with van der Waals surface area (Å²) in [5.74, 6) is -0.301. The third kappa shape index (κ3) is 6.29. The summed E-state index contributed by atoms with van der Waals surface area (Å²) >= 11 is 0. The molecule has 35 heavy (non-hydrogen) atoms. The number of ether oxygens (including phenoxy) is 1. The fourth-order valence-corrected chi connectivity index (χ4v) is 3.98. The molecule has 1 saturated heterocycles. The number of anilines is 1. The number of piperazine rings is 1. The number of rotatable bonds is 8. The number of carbonyl (C=O) groups excluding carboxylic acids is 3. The maximum absolute atomic E-state index is 12.7. The van der Waals surface area contributed by atoms with E-state index in [1.807, 2.05) is 47.4 Å². The van der Waals surface area contributed by atoms with E-state index in [-0.39, 0.29) is 24.5 Å². The van der Waals surface area contributed by atoms with Crippen LogP contribution in [0.2, 0.25) is 0 Å². The lowest BCUT2D eigenvalue weighted by Gasteiger charge is -2.35. The summed E-state index contributed by atoms with van der Waals surface area (Å²) in [5, 5.41) is 0. The van der Waals surface area contributed by atoms with Gasteiger partial charge in [0.05, 0.1) is 6.42 Å². The zero-order chi connectivity index (χ0) is 24.6. The molecule has 2 aromatic carbocycles. The molecule has 1 aromatic heterocycles. The minimum atomic E-state index is -0.901. The lowest BCUT2D eigenvalue weighted by atomic mass is 10.0. The second kappa shape index (κ2) is 11.4. The van der Waals surface area contributed by atoms with Crippen molar-refractivity contribution in [3.05, 3.63) is 78.6 Å². The first-order chi connectivity index (χ1) is 17.0. The molecule has 0 saturated carbocycles. The number of carbonyl (C=O) groups is 3. The molecule has 0 radical (unpaired) electrons. The van der Waals surface area contributed by atoms with Crippen LogP contribution in [0.15, 0.2) is 73.1 Å². The Labute approximate surface area is 204 Å². The number of hydrogen-bond donors (Lipinski definition) is 0. The van der Waals surface area contributed by atoms with Crippen LogP contribution < -0.4 is 4.90 Å². The Hall–Kier alpha value is -4.07. The first kappa shape index (κ1) is 24.1. The van der Waals surface area contributed by atoms with Gasteiger partial charge in [-0.1, -0.05) is 54.6 Å². The zero-order valence-corrected chi connectivity index (χ0v) is 19.7. The van der Waals surface area contributed by atoms with Crippen molar-refractivity contribution in [2.75, 3.05) is 31.1 Å². The van der Waals surface area contributed by atoms with E-state index in [9.17, 15) is 14.4 Å². The summed E-state index contributed by atoms with van der Waals surface area (Å²) in [4.78, 5) is 49.7. The van der Waals surface area contributed by atoms with Crippen molar-refractivity contribution < 1.29 is 19.1 Å². The third-order valence-electron chi connectivity index (χ3n) is 5.95. The first-order valence-electron chi connectivity index (χ1n) is 11.7. The first-order valence-corrected chi connectivity index (χ1v) is 11.7. The van der Waals surface area contributed by atoms with Gasteiger partial charge < -0.3 is 14.5 Å². The lowest BCUT2D eigenvalue weighted by molar-refractivity contribution is -0.159. The summed E-state index contributed by atoms with van der Waals surface area (Å²) < 4.78 is 5.32. The Morgan fingerprint density at radius 2 is 1.46 bits per heavy atom. The van der Waals surface area contributed by atoms with Crippen molar-refractivity contribution in [3.8, 4) is 11.1 Å². The van der Waals surface area contributed by atoms with Gasteiger partial charge >= 0.3 is 5.97 Å². The number of esters is 1. The van der Waals surface area contributed by atoms with E-state index in [4.69, 9.17) is 4.74 Å². The molecule has 2 heterocycles. The van der Waals surface area contributed by atoms with E-state index in [1.54, 1.807) is 42.4 Å². The highest BCUT2D eigenvalue weighted by Gasteiger charge is 2.28. The molecule has 1 atom stereocenters. The van der Waals surface area contributed by atoms with E-state index in [1.165, 1.54) is 0 Å². The van der Waals surface area contributed by atoms with Gasteiger partial charge in [-0.05, 0) is 24.1 Å². The Morgan fingerprint density at radius 1 is 0.829 bits per heavy atom. The van der Waals surface area contributed by atoms with E-state index in [0.29, 0.717) is 37.7 Å². The van der Waals surface area contributed by atoms with Gasteiger partial charge in [0.2, 0.25) is 5.95 Å². The molecule has 1 fully saturated rings. The zero-order valence-electron chi connectivity index (χ0n) is 19.7. The van der Waals surface area contributed by atoms with Crippen LogP contribution >= 0.6 is 0 Å². The summed E-state index contributed by atoms with van der Waals surface area (Å²) in [5.41, 5.74) is 2.64. The van der Waals surface area contributed by atoms with Gasteiger partial charge in [0, 0.05) is 50.6 Å². The fourth-order valence-electron chi connectivity index (χ4n) is 3.98. The van der Waals surface area contributed by atoms with Crippen molar-refractivity contribution >= 4 is 23.6 Å². The molecule has 0 aliphatic carbocycles. The monoisotopic (exact) mass is 472 g/mol. The molecule has 8 nitrogen and oxygen atoms in total. The summed E-state index contributed by atoms with van der Waals surface area (Å²) in [6, 6.07) is 19.0. The summed E-state index contributed by atoms with van der Waals surface area (Å²) in [6.07, 6.45) is 2.43. The number of ketones is 1. The van der Waals surface area contributed by atoms with E-state index in [2.05, 4.69) is 9.97 Å². The van der Waals surface area contributed by atoms with Crippen LogP contribution in [0, 0.1) is 0 Å². The molecule has 0 spiro atoms. The smallest absolute Gasteiger partial charge is 0.307 e. The van der Waals surface area contributed by atoms with Gasteiger partial charge in [0.1, 0.15) is 0 Å². The highest BCUT2D eigenvalue weighted by atomic mass is 16.5. The van der Waals surface area contributed by atoms with E-state index < -0.39 is 12.1 Å². The standard InChI is InChI=1S/C27H28N4O4/c1-20(26(34)30-16-18-31(19-17-30)27-28-14-5-15-29-27)35-25(33)13-12-24(32)23-10-8-22(9-11-23)21-6-3-2-4-7-21/h2-11,14-15,20H,12-13,16-19H2,1H3/t20-/m0/s1. The normalized spacial score (nSPS) is 14.3. The maximum atomic E-state index is 12.7. The number of Topliss-reactive ketones (excluding diaryl/α,β-unsaturated/α-hetero) is 1. The SMILES string of the molecule is C[C@H](OC(=O)CCC(=O)c1ccc(-c2ccccc2)cc1)C(=O)N1CCN(c2ncccn2)CC1. The molecule has 8 heteroatoms. The summed E-state index contributed by atoms with van der Waals surface area (Å²) in [6.45, 7) is 3.77. The van der Waals surface area contributed by atoms with Crippen LogP contribution in [-0.2, 0) is 14.3 Å². The third-order valence-corrected chi connectivity index (χ3v) is 5.95. The highest BCUT2D eigenvalue weighted by Crippen LogP contribution is 2.20. The Kier molecular flexibility index (Phi) is 7.82. The molecule has 0 bridgehead atoms. The molecule has 1 amide bonds. The lowest BCUT2D eigenvalue weighted by Crippen LogP contribution is -2.52. The van der Waals surface area contributed by atoms with Gasteiger partial charge in [-0.2, -0.15) is 0 Å². The van der Waals surface area contributed by atoms with Gasteiger partial charge in [-0.15, -0.1) is 0 Å². The Morgan fingerprint density at radius 3 is 2.11 bits per heavy atom. The molecular weight excluding hydrogens is 444 g/mol. The van der Waals surface area contributed by atoms with Crippen LogP contribution in [-0.4, -0.2) is 64.8 Å². The Balaban J connectivity index is 1.21. The fraction of sp³-hybridized carbons (Fsp3) is 0.296. The molecular formula is C27H28N4O4. The topological polar surface area (TPSA) is 92.7 Å². The Bertz CT molecular complexity index is 1140. The maximum Gasteiger partial charge on any atom is 0.307 e. The molecule has 0 N–H and O–H groups in total. The van der Waals surface area contributed by atoms with Crippen LogP contribution in [0.3, 0.4) is 0 Å². The summed E-state index contributed by atoms with van der Waals surface area (Å²) in [7, 11) is 0. The number of hydrogen-bond acceptors (Lipinski definition) is 7. The van der Waals surface area contributed by atoms with Crippen LogP contribution in [0.4, 0.5) is 5.95 Å². The molecule has 0 unspecified atom stereocenters. The second-order valence-corrected chi connectivity index (χ2v) is 8.36. The minimum Gasteiger partial charge on any atom is -0.453 e. The van der Waals surface area contributed by atoms with Crippen molar-refractivity contribution in [1.29, 1.82) is 0 Å². The average Bonchev–Trinajstić information content (AvgIpc) is 2.92. The van der Waals surface area contributed by atoms with Gasteiger partial charge in [-0.25, -0.2) is 9.97 Å². The molecule has 180 valence electrons. The van der Waals surface area contributed by atoms with Crippen molar-refractivity contribution in [3.63, 3.8) is 0 Å². The van der Waals surface area contributed by atoms with E-state index >= 15 is 0 Å². The predicted octanol–water partition coefficient (Wildman–Crippen LogP) is 3.39. The predicted molar refractivity (Wildman–Crippen MR) is 132 cm³/mol. The van der Waals surface area contributed by atoms with E-state index in [0.717, 1.165) is 11.1 Å². The number of nitrogens with zero attached hydrogens (tertiary/aromatic N) is 4. The molecule has 4 rings (SSSR count). The largest absolute Gasteiger partial charge is 0.453 e. The number of amides is 1. The number of benzene rings is 2. The average molecular weight is 473 g/mol. The quantitative estimate of drug-likeness (QED) is 0.366. The van der Waals surface area contributed by atoms with Gasteiger partial charge in [0.15, 0.2) is 11.9 Å². The molecule has 1 aliphatic rings. The van der Waals surface area contributed by atoms with Crippen molar-refractivity contribution in [2.24, 2.45) is 0 Å². The number of aromatic nitrogens is 2. The van der Waals surface area contributed by atoms with Crippen LogP contribution in [0.5, 0.6) is 0 Å². The van der Waals surface area contributed by atoms with Gasteiger partial charge in [-0.3, -0.25) is 14.4 Å². The van der Waals surface area contributed by atoms with Crippen molar-refractivity contribution in [2.45, 2.75) is 25.9 Å². The van der Waals surface area contributed by atoms with Crippen molar-refractivity contribution in [1.82, 2.24) is 14.9 Å². The van der Waals surface area contributed by atoms with Gasteiger partial charge in [0.25, 0.3) is 5.91 Å². The second-order valence-electron chi connectivity index (χ2n) is 8.36. The molecule has 3 aromatic rings. The minimum absolute atomic E-state index is 0.0280. The highest BCUT2D eigenvalue weighted by molar-refractivity contribution is 5.98.